The Kier molecular flexibility index (Phi) is 10.3. The van der Waals surface area contributed by atoms with Crippen molar-refractivity contribution in [2.45, 2.75) is 167 Å². The molecule has 0 saturated heterocycles. The lowest BCUT2D eigenvalue weighted by atomic mass is 9.32. The van der Waals surface area contributed by atoms with Gasteiger partial charge in [-0.25, -0.2) is 0 Å². The molecule has 6 heteroatoms. The molecular formula is C80H78BN3O2. The van der Waals surface area contributed by atoms with Gasteiger partial charge in [-0.3, -0.25) is 0 Å². The molecule has 0 bridgehead atoms. The Morgan fingerprint density at radius 1 is 0.395 bits per heavy atom. The van der Waals surface area contributed by atoms with Crippen molar-refractivity contribution in [1.29, 1.82) is 0 Å². The molecule has 5 heterocycles. The van der Waals surface area contributed by atoms with E-state index in [1.807, 2.05) is 0 Å². The van der Waals surface area contributed by atoms with Crippen molar-refractivity contribution in [1.82, 2.24) is 0 Å². The van der Waals surface area contributed by atoms with Gasteiger partial charge in [0.15, 0.2) is 11.2 Å². The normalized spacial score (nSPS) is 21.6. The molecule has 0 radical (unpaired) electrons. The smallest absolute Gasteiger partial charge is 0.252 e. The maximum Gasteiger partial charge on any atom is 0.252 e. The van der Waals surface area contributed by atoms with Gasteiger partial charge in [-0.05, 0) is 164 Å². The van der Waals surface area contributed by atoms with E-state index in [2.05, 4.69) is 269 Å². The van der Waals surface area contributed by atoms with Crippen LogP contribution >= 0.6 is 0 Å². The molecule has 2 unspecified atom stereocenters. The van der Waals surface area contributed by atoms with Crippen molar-refractivity contribution in [3.05, 3.63) is 208 Å². The van der Waals surface area contributed by atoms with Crippen LogP contribution in [0.2, 0.25) is 0 Å². The minimum Gasteiger partial charge on any atom is -0.454 e. The third-order valence-electron chi connectivity index (χ3n) is 23.3. The summed E-state index contributed by atoms with van der Waals surface area (Å²) < 4.78 is 14.5. The number of fused-ring (bicyclic) bond motifs is 16. The Bertz CT molecular complexity index is 4790. The molecule has 9 aromatic carbocycles. The van der Waals surface area contributed by atoms with E-state index in [0.717, 1.165) is 80.9 Å². The third kappa shape index (κ3) is 6.69. The van der Waals surface area contributed by atoms with E-state index in [0.29, 0.717) is 0 Å². The summed E-state index contributed by atoms with van der Waals surface area (Å²) in [5.41, 5.74) is 27.3. The molecule has 2 aromatic heterocycles. The van der Waals surface area contributed by atoms with Gasteiger partial charge in [-0.2, -0.15) is 0 Å². The summed E-state index contributed by atoms with van der Waals surface area (Å²) in [5, 5.41) is 4.50. The number of hydrogen-bond acceptors (Lipinski definition) is 5. The van der Waals surface area contributed by atoms with Gasteiger partial charge in [0.1, 0.15) is 11.2 Å². The summed E-state index contributed by atoms with van der Waals surface area (Å²) in [7, 11) is 0. The maximum absolute atomic E-state index is 7.27. The molecule has 17 rings (SSSR count). The van der Waals surface area contributed by atoms with Gasteiger partial charge in [-0.1, -0.05) is 205 Å². The van der Waals surface area contributed by atoms with Crippen LogP contribution in [-0.2, 0) is 32.5 Å². The second-order valence-corrected chi connectivity index (χ2v) is 30.6. The zero-order chi connectivity index (χ0) is 59.1. The molecule has 1 saturated carbocycles. The van der Waals surface area contributed by atoms with Crippen molar-refractivity contribution in [2.24, 2.45) is 0 Å². The first-order valence-electron chi connectivity index (χ1n) is 32.0. The van der Waals surface area contributed by atoms with E-state index < -0.39 is 0 Å². The highest BCUT2D eigenvalue weighted by Crippen LogP contribution is 2.63. The van der Waals surface area contributed by atoms with E-state index >= 15 is 0 Å². The quantitative estimate of drug-likeness (QED) is 0.165. The fourth-order valence-corrected chi connectivity index (χ4v) is 18.1. The van der Waals surface area contributed by atoms with E-state index in [9.17, 15) is 0 Å². The number of anilines is 8. The standard InChI is InChI=1S/C80H78BN3O2/c1-74(2,3)47-34-35-62-59(40-47)79(12)36-20-21-37-80(79,13)84(62)48-41-67-71-68(42-48)83(64-31-23-27-52-50-25-15-19-33-70(50)86-73(52)64)66-46-58-57(77(8,9)53-28-16-17-29-54(53)78(58,10)11)44-61(66)81(71)60-43-55-56(76(6,7)39-38-75(55,4)5)45-65(60)82(67)63-30-22-26-51-49-24-14-18-32-69(49)85-72(51)63/h14-19,22-35,40-46H,20-21,36-39H2,1-13H3. The summed E-state index contributed by atoms with van der Waals surface area (Å²) in [6.07, 6.45) is 6.86. The van der Waals surface area contributed by atoms with Gasteiger partial charge in [0.2, 0.25) is 0 Å². The highest BCUT2D eigenvalue weighted by molar-refractivity contribution is 7.00. The van der Waals surface area contributed by atoms with Gasteiger partial charge in [0.05, 0.1) is 16.9 Å². The van der Waals surface area contributed by atoms with Crippen molar-refractivity contribution < 1.29 is 8.83 Å². The van der Waals surface area contributed by atoms with Crippen LogP contribution < -0.4 is 31.1 Å². The predicted octanol–water partition coefficient (Wildman–Crippen LogP) is 19.9. The number of hydrogen-bond donors (Lipinski definition) is 0. The Hall–Kier alpha value is -7.96. The first-order chi connectivity index (χ1) is 41.0. The number of nitrogens with zero attached hydrogens (tertiary/aromatic N) is 3. The fourth-order valence-electron chi connectivity index (χ4n) is 18.1. The lowest BCUT2D eigenvalue weighted by Crippen LogP contribution is -2.62. The second-order valence-electron chi connectivity index (χ2n) is 30.6. The maximum atomic E-state index is 7.27. The Morgan fingerprint density at radius 3 is 1.43 bits per heavy atom. The number of para-hydroxylation sites is 4. The van der Waals surface area contributed by atoms with E-state index in [-0.39, 0.29) is 44.7 Å². The van der Waals surface area contributed by atoms with Crippen molar-refractivity contribution in [3.63, 3.8) is 0 Å². The molecule has 86 heavy (non-hydrogen) atoms. The van der Waals surface area contributed by atoms with Crippen LogP contribution in [0, 0.1) is 0 Å². The van der Waals surface area contributed by atoms with Crippen LogP contribution in [-0.4, -0.2) is 12.3 Å². The number of furan rings is 2. The Labute approximate surface area is 508 Å². The summed E-state index contributed by atoms with van der Waals surface area (Å²) in [6.45, 7) is 32.0. The molecule has 0 amide bonds. The summed E-state index contributed by atoms with van der Waals surface area (Å²) in [4.78, 5) is 8.17. The monoisotopic (exact) mass is 1120 g/mol. The molecule has 11 aromatic rings. The predicted molar refractivity (Wildman–Crippen MR) is 363 cm³/mol. The lowest BCUT2D eigenvalue weighted by molar-refractivity contribution is 0.195. The molecular weight excluding hydrogens is 1050 g/mol. The fraction of sp³-hybridized carbons (Fsp3) is 0.325. The third-order valence-corrected chi connectivity index (χ3v) is 23.3. The van der Waals surface area contributed by atoms with Gasteiger partial charge in [0.25, 0.3) is 6.71 Å². The van der Waals surface area contributed by atoms with Crippen LogP contribution in [0.15, 0.2) is 173 Å². The Morgan fingerprint density at radius 2 is 0.872 bits per heavy atom. The topological polar surface area (TPSA) is 36.0 Å². The SMILES string of the molecule is CC(C)(C)c1ccc2c(c1)C1(C)CCCCC1(C)N2c1cc2c3c(c1)N(c1cccc4c1oc1ccccc14)c1cc4c(cc1B3c1cc3c(cc1N2c1cccc2c1oc1ccccc12)C(C)(C)CCC3(C)C)C(C)(C)c1ccccc1C4(C)C. The van der Waals surface area contributed by atoms with Crippen LogP contribution in [0.25, 0.3) is 43.9 Å². The average Bonchev–Trinajstić information content (AvgIpc) is 1.04. The number of benzene rings is 9. The lowest BCUT2D eigenvalue weighted by Gasteiger charge is -2.51. The first kappa shape index (κ1) is 52.4. The molecule has 428 valence electrons. The molecule has 0 spiro atoms. The molecule has 0 N–H and O–H groups in total. The average molecular weight is 1120 g/mol. The minimum absolute atomic E-state index is 0.0000350. The molecule has 1 fully saturated rings. The minimum atomic E-state index is -0.298. The van der Waals surface area contributed by atoms with Gasteiger partial charge < -0.3 is 23.5 Å². The molecule has 6 aliphatic rings. The van der Waals surface area contributed by atoms with Crippen molar-refractivity contribution >= 4 is 112 Å². The highest BCUT2D eigenvalue weighted by atomic mass is 16.3. The zero-order valence-corrected chi connectivity index (χ0v) is 52.6. The zero-order valence-electron chi connectivity index (χ0n) is 52.6. The molecule has 2 atom stereocenters. The van der Waals surface area contributed by atoms with Gasteiger partial charge >= 0.3 is 0 Å². The summed E-state index contributed by atoms with van der Waals surface area (Å²) in [5.74, 6) is 0. The molecule has 3 aliphatic heterocycles. The number of rotatable bonds is 3. The van der Waals surface area contributed by atoms with Crippen LogP contribution in [0.1, 0.15) is 173 Å². The summed E-state index contributed by atoms with van der Waals surface area (Å²) in [6, 6.07) is 63.7. The van der Waals surface area contributed by atoms with Crippen molar-refractivity contribution in [3.8, 4) is 0 Å². The van der Waals surface area contributed by atoms with E-state index in [1.54, 1.807) is 0 Å². The Balaban J connectivity index is 1.06. The van der Waals surface area contributed by atoms with Crippen molar-refractivity contribution in [2.75, 3.05) is 14.7 Å². The van der Waals surface area contributed by atoms with Gasteiger partial charge in [0, 0.05) is 71.9 Å². The van der Waals surface area contributed by atoms with Crippen LogP contribution in [0.3, 0.4) is 0 Å². The largest absolute Gasteiger partial charge is 0.454 e. The molecule has 3 aliphatic carbocycles. The first-order valence-corrected chi connectivity index (χ1v) is 32.0. The van der Waals surface area contributed by atoms with Crippen LogP contribution in [0.4, 0.5) is 45.5 Å². The molecule has 5 nitrogen and oxygen atoms in total. The van der Waals surface area contributed by atoms with Crippen LogP contribution in [0.5, 0.6) is 0 Å². The van der Waals surface area contributed by atoms with E-state index in [1.165, 1.54) is 108 Å². The second kappa shape index (κ2) is 17.0. The van der Waals surface area contributed by atoms with E-state index in [4.69, 9.17) is 8.83 Å². The van der Waals surface area contributed by atoms with Gasteiger partial charge in [-0.15, -0.1) is 0 Å². The summed E-state index contributed by atoms with van der Waals surface area (Å²) >= 11 is 0. The highest BCUT2D eigenvalue weighted by Gasteiger charge is 2.59.